The second kappa shape index (κ2) is 7.83. The highest BCUT2D eigenvalue weighted by Crippen LogP contribution is 2.41. The molecule has 0 aromatic heterocycles. The molecule has 0 heterocycles. The molecule has 122 valence electrons. The first-order valence-electron chi connectivity index (χ1n) is 8.68. The van der Waals surface area contributed by atoms with Crippen molar-refractivity contribution < 1.29 is 4.74 Å². The van der Waals surface area contributed by atoms with Gasteiger partial charge in [-0.2, -0.15) is 0 Å². The molecule has 0 saturated heterocycles. The predicted octanol–water partition coefficient (Wildman–Crippen LogP) is 6.51. The van der Waals surface area contributed by atoms with Crippen molar-refractivity contribution in [2.24, 2.45) is 0 Å². The van der Waals surface area contributed by atoms with Gasteiger partial charge in [0.1, 0.15) is 5.75 Å². The van der Waals surface area contributed by atoms with Crippen LogP contribution >= 0.6 is 0 Å². The smallest absolute Gasteiger partial charge is 0.130 e. The minimum absolute atomic E-state index is 0.759. The molecule has 0 aliphatic rings. The third kappa shape index (κ3) is 3.51. The number of hydrogen-bond acceptors (Lipinski definition) is 1. The van der Waals surface area contributed by atoms with E-state index >= 15 is 0 Å². The Kier molecular flexibility index (Phi) is 5.32. The molecule has 3 aromatic carbocycles. The van der Waals surface area contributed by atoms with Crippen LogP contribution in [0.25, 0.3) is 22.3 Å². The number of hydrogen-bond donors (Lipinski definition) is 0. The van der Waals surface area contributed by atoms with Crippen molar-refractivity contribution in [3.63, 3.8) is 0 Å². The highest BCUT2D eigenvalue weighted by Gasteiger charge is 2.15. The first-order valence-corrected chi connectivity index (χ1v) is 8.68. The van der Waals surface area contributed by atoms with E-state index in [4.69, 9.17) is 4.74 Å². The van der Waals surface area contributed by atoms with E-state index in [0.717, 1.165) is 25.2 Å². The average molecular weight is 316 g/mol. The van der Waals surface area contributed by atoms with Gasteiger partial charge in [-0.1, -0.05) is 86.1 Å². The molecule has 0 N–H and O–H groups in total. The number of benzene rings is 3. The van der Waals surface area contributed by atoms with Gasteiger partial charge in [0.05, 0.1) is 6.61 Å². The zero-order chi connectivity index (χ0) is 16.8. The van der Waals surface area contributed by atoms with Crippen LogP contribution in [0.2, 0.25) is 0 Å². The molecular weight excluding hydrogens is 292 g/mol. The van der Waals surface area contributed by atoms with Crippen molar-refractivity contribution in [2.45, 2.75) is 26.7 Å². The van der Waals surface area contributed by atoms with Crippen molar-refractivity contribution in [3.8, 4) is 28.0 Å². The molecule has 0 fully saturated rings. The van der Waals surface area contributed by atoms with Gasteiger partial charge in [-0.05, 0) is 35.6 Å². The van der Waals surface area contributed by atoms with Gasteiger partial charge in [0, 0.05) is 5.56 Å². The lowest BCUT2D eigenvalue weighted by molar-refractivity contribution is 0.309. The SMILES string of the molecule is CCCCOc1c(C)ccc(-c2ccccc2)c1-c1ccccc1. The summed E-state index contributed by atoms with van der Waals surface area (Å²) in [5.41, 5.74) is 6.02. The van der Waals surface area contributed by atoms with Crippen molar-refractivity contribution in [1.29, 1.82) is 0 Å². The van der Waals surface area contributed by atoms with Crippen LogP contribution in [0.4, 0.5) is 0 Å². The Morgan fingerprint density at radius 3 is 2.00 bits per heavy atom. The van der Waals surface area contributed by atoms with Crippen LogP contribution in [0.5, 0.6) is 5.75 Å². The van der Waals surface area contributed by atoms with Gasteiger partial charge >= 0.3 is 0 Å². The minimum Gasteiger partial charge on any atom is -0.493 e. The van der Waals surface area contributed by atoms with Gasteiger partial charge in [-0.3, -0.25) is 0 Å². The Hall–Kier alpha value is -2.54. The Labute approximate surface area is 144 Å². The molecule has 1 nitrogen and oxygen atoms in total. The molecule has 0 atom stereocenters. The Bertz CT molecular complexity index is 776. The second-order valence-electron chi connectivity index (χ2n) is 6.07. The highest BCUT2D eigenvalue weighted by molar-refractivity contribution is 5.88. The normalized spacial score (nSPS) is 10.6. The second-order valence-corrected chi connectivity index (χ2v) is 6.07. The molecule has 3 rings (SSSR count). The molecule has 1 heteroatoms. The third-order valence-electron chi connectivity index (χ3n) is 4.25. The zero-order valence-electron chi connectivity index (χ0n) is 14.5. The largest absolute Gasteiger partial charge is 0.493 e. The maximum Gasteiger partial charge on any atom is 0.130 e. The molecule has 0 bridgehead atoms. The zero-order valence-corrected chi connectivity index (χ0v) is 14.5. The van der Waals surface area contributed by atoms with E-state index in [1.54, 1.807) is 0 Å². The molecule has 0 amide bonds. The lowest BCUT2D eigenvalue weighted by atomic mass is 9.92. The van der Waals surface area contributed by atoms with E-state index in [0.29, 0.717) is 0 Å². The Balaban J connectivity index is 2.17. The lowest BCUT2D eigenvalue weighted by Crippen LogP contribution is -2.01. The van der Waals surface area contributed by atoms with Crippen LogP contribution in [-0.2, 0) is 0 Å². The number of unbranched alkanes of at least 4 members (excludes halogenated alkanes) is 1. The predicted molar refractivity (Wildman–Crippen MR) is 102 cm³/mol. The third-order valence-corrected chi connectivity index (χ3v) is 4.25. The summed E-state index contributed by atoms with van der Waals surface area (Å²) in [6.07, 6.45) is 2.21. The van der Waals surface area contributed by atoms with Gasteiger partial charge in [-0.25, -0.2) is 0 Å². The highest BCUT2D eigenvalue weighted by atomic mass is 16.5. The van der Waals surface area contributed by atoms with Gasteiger partial charge < -0.3 is 4.74 Å². The van der Waals surface area contributed by atoms with E-state index in [1.165, 1.54) is 27.8 Å². The van der Waals surface area contributed by atoms with Gasteiger partial charge in [0.2, 0.25) is 0 Å². The number of aryl methyl sites for hydroxylation is 1. The summed E-state index contributed by atoms with van der Waals surface area (Å²) in [4.78, 5) is 0. The van der Waals surface area contributed by atoms with E-state index in [-0.39, 0.29) is 0 Å². The maximum atomic E-state index is 6.22. The fraction of sp³-hybridized carbons (Fsp3) is 0.217. The molecule has 0 spiro atoms. The lowest BCUT2D eigenvalue weighted by Gasteiger charge is -2.18. The summed E-state index contributed by atoms with van der Waals surface area (Å²) >= 11 is 0. The van der Waals surface area contributed by atoms with Crippen LogP contribution in [-0.4, -0.2) is 6.61 Å². The van der Waals surface area contributed by atoms with Crippen molar-refractivity contribution in [2.75, 3.05) is 6.61 Å². The van der Waals surface area contributed by atoms with Crippen LogP contribution in [0, 0.1) is 6.92 Å². The maximum absolute atomic E-state index is 6.22. The quantitative estimate of drug-likeness (QED) is 0.471. The Morgan fingerprint density at radius 1 is 0.750 bits per heavy atom. The average Bonchev–Trinajstić information content (AvgIpc) is 2.64. The summed E-state index contributed by atoms with van der Waals surface area (Å²) in [5.74, 6) is 1.01. The first-order chi connectivity index (χ1) is 11.8. The molecular formula is C23H24O. The van der Waals surface area contributed by atoms with Crippen molar-refractivity contribution in [1.82, 2.24) is 0 Å². The van der Waals surface area contributed by atoms with Gasteiger partial charge in [0.15, 0.2) is 0 Å². The molecule has 0 saturated carbocycles. The van der Waals surface area contributed by atoms with E-state index in [2.05, 4.69) is 86.6 Å². The summed E-state index contributed by atoms with van der Waals surface area (Å²) < 4.78 is 6.22. The van der Waals surface area contributed by atoms with E-state index in [9.17, 15) is 0 Å². The van der Waals surface area contributed by atoms with Crippen molar-refractivity contribution in [3.05, 3.63) is 78.4 Å². The fourth-order valence-corrected chi connectivity index (χ4v) is 2.94. The van der Waals surface area contributed by atoms with Gasteiger partial charge in [0.25, 0.3) is 0 Å². The standard InChI is InChI=1S/C23H24O/c1-3-4-17-24-23-18(2)15-16-21(19-11-7-5-8-12-19)22(23)20-13-9-6-10-14-20/h5-16H,3-4,17H2,1-2H3. The van der Waals surface area contributed by atoms with E-state index < -0.39 is 0 Å². The summed E-state index contributed by atoms with van der Waals surface area (Å²) in [7, 11) is 0. The molecule has 0 aliphatic carbocycles. The molecule has 24 heavy (non-hydrogen) atoms. The monoisotopic (exact) mass is 316 g/mol. The van der Waals surface area contributed by atoms with Crippen LogP contribution in [0.15, 0.2) is 72.8 Å². The topological polar surface area (TPSA) is 9.23 Å². The molecule has 0 aliphatic heterocycles. The fourth-order valence-electron chi connectivity index (χ4n) is 2.94. The summed E-state index contributed by atoms with van der Waals surface area (Å²) in [5, 5.41) is 0. The number of ether oxygens (including phenoxy) is 1. The summed E-state index contributed by atoms with van der Waals surface area (Å²) in [6.45, 7) is 5.08. The first kappa shape index (κ1) is 16.3. The minimum atomic E-state index is 0.759. The summed E-state index contributed by atoms with van der Waals surface area (Å²) in [6, 6.07) is 25.5. The van der Waals surface area contributed by atoms with Gasteiger partial charge in [-0.15, -0.1) is 0 Å². The molecule has 0 radical (unpaired) electrons. The molecule has 3 aromatic rings. The Morgan fingerprint density at radius 2 is 1.38 bits per heavy atom. The number of rotatable bonds is 6. The molecule has 0 unspecified atom stereocenters. The van der Waals surface area contributed by atoms with Crippen LogP contribution < -0.4 is 4.74 Å². The van der Waals surface area contributed by atoms with Crippen molar-refractivity contribution >= 4 is 0 Å². The van der Waals surface area contributed by atoms with Crippen LogP contribution in [0.3, 0.4) is 0 Å². The van der Waals surface area contributed by atoms with Crippen LogP contribution in [0.1, 0.15) is 25.3 Å². The van der Waals surface area contributed by atoms with E-state index in [1.807, 2.05) is 0 Å².